The first-order valence-electron chi connectivity index (χ1n) is 12.0. The third-order valence-electron chi connectivity index (χ3n) is 6.07. The monoisotopic (exact) mass is 550 g/mol. The summed E-state index contributed by atoms with van der Waals surface area (Å²) >= 11 is 0. The molecule has 1 fully saturated rings. The number of aromatic nitrogens is 2. The van der Waals surface area contributed by atoms with Gasteiger partial charge in [-0.05, 0) is 70.0 Å². The highest BCUT2D eigenvalue weighted by atomic mass is 32.2. The SMILES string of the molecule is CC(C)(C)NS(=O)(=O)c1cc(C(=O)c2nn(C3CCCCC3)c3cc(NS(C)(=O)=O)ccc23)ccc1F. The lowest BCUT2D eigenvalue weighted by molar-refractivity contribution is 0.103. The number of hydrogen-bond acceptors (Lipinski definition) is 6. The van der Waals surface area contributed by atoms with Crippen molar-refractivity contribution in [3.63, 3.8) is 0 Å². The van der Waals surface area contributed by atoms with E-state index in [1.165, 1.54) is 6.07 Å². The maximum atomic E-state index is 14.6. The van der Waals surface area contributed by atoms with Gasteiger partial charge < -0.3 is 0 Å². The number of anilines is 1. The first-order valence-corrected chi connectivity index (χ1v) is 15.4. The van der Waals surface area contributed by atoms with E-state index in [2.05, 4.69) is 14.5 Å². The van der Waals surface area contributed by atoms with Crippen molar-refractivity contribution in [1.82, 2.24) is 14.5 Å². The zero-order valence-corrected chi connectivity index (χ0v) is 22.8. The van der Waals surface area contributed by atoms with Crippen molar-refractivity contribution in [2.75, 3.05) is 11.0 Å². The quantitative estimate of drug-likeness (QED) is 0.421. The molecule has 1 aliphatic carbocycles. The minimum absolute atomic E-state index is 0.0239. The van der Waals surface area contributed by atoms with Crippen molar-refractivity contribution < 1.29 is 26.0 Å². The summed E-state index contributed by atoms with van der Waals surface area (Å²) in [5, 5.41) is 5.13. The summed E-state index contributed by atoms with van der Waals surface area (Å²) in [7, 11) is -7.75. The summed E-state index contributed by atoms with van der Waals surface area (Å²) in [5.74, 6) is -1.53. The Morgan fingerprint density at radius 2 is 1.70 bits per heavy atom. The summed E-state index contributed by atoms with van der Waals surface area (Å²) in [6, 6.07) is 8.05. The van der Waals surface area contributed by atoms with Crippen molar-refractivity contribution in [3.05, 3.63) is 53.5 Å². The third kappa shape index (κ3) is 6.19. The third-order valence-corrected chi connectivity index (χ3v) is 8.45. The maximum Gasteiger partial charge on any atom is 0.243 e. The number of hydrogen-bond donors (Lipinski definition) is 2. The Morgan fingerprint density at radius 3 is 2.32 bits per heavy atom. The van der Waals surface area contributed by atoms with Gasteiger partial charge in [-0.2, -0.15) is 5.10 Å². The number of rotatable bonds is 7. The van der Waals surface area contributed by atoms with Crippen molar-refractivity contribution in [3.8, 4) is 0 Å². The fourth-order valence-corrected chi connectivity index (χ4v) is 6.71. The number of carbonyl (C=O) groups excluding carboxylic acids is 1. The molecule has 1 aromatic heterocycles. The summed E-state index contributed by atoms with van der Waals surface area (Å²) in [5.41, 5.74) is 0.148. The van der Waals surface area contributed by atoms with Crippen LogP contribution < -0.4 is 9.44 Å². The number of halogens is 1. The van der Waals surface area contributed by atoms with Crippen LogP contribution in [-0.4, -0.2) is 44.2 Å². The van der Waals surface area contributed by atoms with Crippen LogP contribution in [0.2, 0.25) is 0 Å². The molecule has 0 bridgehead atoms. The van der Waals surface area contributed by atoms with Gasteiger partial charge in [0.15, 0.2) is 0 Å². The summed E-state index contributed by atoms with van der Waals surface area (Å²) in [4.78, 5) is 13.0. The predicted molar refractivity (Wildman–Crippen MR) is 140 cm³/mol. The molecule has 1 saturated carbocycles. The number of fused-ring (bicyclic) bond motifs is 1. The molecule has 2 aromatic carbocycles. The Labute approximate surface area is 216 Å². The predicted octanol–water partition coefficient (Wildman–Crippen LogP) is 4.36. The molecule has 0 unspecified atom stereocenters. The molecule has 0 saturated heterocycles. The number of ketones is 1. The lowest BCUT2D eigenvalue weighted by atomic mass is 9.95. The van der Waals surface area contributed by atoms with Crippen LogP contribution in [0.1, 0.15) is 75.0 Å². The Morgan fingerprint density at radius 1 is 1.03 bits per heavy atom. The fourth-order valence-electron chi connectivity index (χ4n) is 4.63. The van der Waals surface area contributed by atoms with Crippen molar-refractivity contribution >= 4 is 42.4 Å². The van der Waals surface area contributed by atoms with Gasteiger partial charge in [-0.25, -0.2) is 25.9 Å². The number of benzene rings is 2. The van der Waals surface area contributed by atoms with Gasteiger partial charge in [0.2, 0.25) is 25.8 Å². The van der Waals surface area contributed by atoms with Gasteiger partial charge in [-0.15, -0.1) is 0 Å². The average Bonchev–Trinajstić information content (AvgIpc) is 3.15. The van der Waals surface area contributed by atoms with E-state index in [0.29, 0.717) is 16.6 Å². The van der Waals surface area contributed by atoms with Gasteiger partial charge in [0.25, 0.3) is 0 Å². The van der Waals surface area contributed by atoms with E-state index in [1.807, 2.05) is 0 Å². The van der Waals surface area contributed by atoms with E-state index in [0.717, 1.165) is 50.5 Å². The molecular formula is C25H31FN4O5S2. The summed E-state index contributed by atoms with van der Waals surface area (Å²) in [6.07, 6.45) is 5.92. The van der Waals surface area contributed by atoms with E-state index >= 15 is 0 Å². The summed E-state index contributed by atoms with van der Waals surface area (Å²) < 4.78 is 70.4. The summed E-state index contributed by atoms with van der Waals surface area (Å²) in [6.45, 7) is 4.90. The molecule has 200 valence electrons. The highest BCUT2D eigenvalue weighted by molar-refractivity contribution is 7.92. The molecular weight excluding hydrogens is 519 g/mol. The van der Waals surface area contributed by atoms with E-state index in [9.17, 15) is 26.0 Å². The highest BCUT2D eigenvalue weighted by Crippen LogP contribution is 2.34. The number of sulfonamides is 2. The molecule has 12 heteroatoms. The number of nitrogens with one attached hydrogen (secondary N) is 2. The second-order valence-electron chi connectivity index (χ2n) is 10.5. The Balaban J connectivity index is 1.82. The van der Waals surface area contributed by atoms with E-state index in [1.54, 1.807) is 43.7 Å². The molecule has 3 aromatic rings. The molecule has 37 heavy (non-hydrogen) atoms. The van der Waals surface area contributed by atoms with Gasteiger partial charge in [-0.1, -0.05) is 19.3 Å². The molecule has 0 amide bonds. The zero-order valence-electron chi connectivity index (χ0n) is 21.2. The van der Waals surface area contributed by atoms with Crippen LogP contribution >= 0.6 is 0 Å². The molecule has 9 nitrogen and oxygen atoms in total. The van der Waals surface area contributed by atoms with Crippen LogP contribution in [0.5, 0.6) is 0 Å². The first-order chi connectivity index (χ1) is 17.1. The average molecular weight is 551 g/mol. The van der Waals surface area contributed by atoms with Gasteiger partial charge >= 0.3 is 0 Å². The maximum absolute atomic E-state index is 14.6. The van der Waals surface area contributed by atoms with E-state index in [-0.39, 0.29) is 17.3 Å². The normalized spacial score (nSPS) is 15.7. The van der Waals surface area contributed by atoms with Gasteiger partial charge in [0.1, 0.15) is 16.4 Å². The largest absolute Gasteiger partial charge is 0.287 e. The molecule has 0 aliphatic heterocycles. The Bertz CT molecular complexity index is 1570. The van der Waals surface area contributed by atoms with Crippen LogP contribution in [0.25, 0.3) is 10.9 Å². The lowest BCUT2D eigenvalue weighted by Crippen LogP contribution is -2.40. The molecule has 2 N–H and O–H groups in total. The van der Waals surface area contributed by atoms with Crippen molar-refractivity contribution in [1.29, 1.82) is 0 Å². The van der Waals surface area contributed by atoms with Crippen LogP contribution in [0.4, 0.5) is 10.1 Å². The molecule has 1 aliphatic rings. The lowest BCUT2D eigenvalue weighted by Gasteiger charge is -2.22. The van der Waals surface area contributed by atoms with Crippen LogP contribution in [0.15, 0.2) is 41.3 Å². The molecule has 1 heterocycles. The highest BCUT2D eigenvalue weighted by Gasteiger charge is 2.28. The van der Waals surface area contributed by atoms with Crippen molar-refractivity contribution in [2.45, 2.75) is 69.4 Å². The first kappa shape index (κ1) is 27.2. The Kier molecular flexibility index (Phi) is 7.21. The molecule has 0 radical (unpaired) electrons. The smallest absolute Gasteiger partial charge is 0.243 e. The molecule has 4 rings (SSSR count). The topological polar surface area (TPSA) is 127 Å². The van der Waals surface area contributed by atoms with Crippen LogP contribution in [0.3, 0.4) is 0 Å². The second kappa shape index (κ2) is 9.80. The Hall–Kier alpha value is -2.83. The van der Waals surface area contributed by atoms with Gasteiger partial charge in [0, 0.05) is 16.5 Å². The van der Waals surface area contributed by atoms with Gasteiger partial charge in [0.05, 0.1) is 23.5 Å². The van der Waals surface area contributed by atoms with Gasteiger partial charge in [-0.3, -0.25) is 14.2 Å². The fraction of sp³-hybridized carbons (Fsp3) is 0.440. The minimum atomic E-state index is -4.23. The van der Waals surface area contributed by atoms with Crippen LogP contribution in [0, 0.1) is 5.82 Å². The van der Waals surface area contributed by atoms with E-state index < -0.39 is 42.1 Å². The van der Waals surface area contributed by atoms with Crippen molar-refractivity contribution in [2.24, 2.45) is 0 Å². The zero-order chi connectivity index (χ0) is 27.2. The standard InChI is InChI=1S/C25H31FN4O5S2/c1-25(2,3)29-37(34,35)22-14-16(10-13-20(22)26)24(31)23-19-12-11-17(28-36(4,32)33)15-21(19)30(27-23)18-8-6-5-7-9-18/h10-15,18,28-29H,5-9H2,1-4H3. The van der Waals surface area contributed by atoms with E-state index in [4.69, 9.17) is 0 Å². The number of nitrogens with zero attached hydrogens (tertiary/aromatic N) is 2. The molecule has 0 atom stereocenters. The number of carbonyl (C=O) groups is 1. The second-order valence-corrected chi connectivity index (χ2v) is 13.9. The minimum Gasteiger partial charge on any atom is -0.287 e. The van der Waals surface area contributed by atoms with Crippen LogP contribution in [-0.2, 0) is 20.0 Å². The molecule has 0 spiro atoms.